The summed E-state index contributed by atoms with van der Waals surface area (Å²) in [6.07, 6.45) is 3.81. The maximum absolute atomic E-state index is 10.5. The predicted octanol–water partition coefficient (Wildman–Crippen LogP) is 0.0767. The Morgan fingerprint density at radius 1 is 1.57 bits per heavy atom. The van der Waals surface area contributed by atoms with Gasteiger partial charge in [0.15, 0.2) is 0 Å². The number of aliphatic hydroxyl groups is 2. The maximum Gasteiger partial charge on any atom is 0.276 e. The van der Waals surface area contributed by atoms with Crippen molar-refractivity contribution in [1.82, 2.24) is 0 Å². The number of allylic oxidation sites excluding steroid dienone is 1. The third-order valence-corrected chi connectivity index (χ3v) is 1.68. The van der Waals surface area contributed by atoms with Crippen LogP contribution in [0.2, 0.25) is 0 Å². The van der Waals surface area contributed by atoms with Gasteiger partial charge in [0.1, 0.15) is 11.5 Å². The maximum atomic E-state index is 10.5. The largest absolute Gasteiger partial charge is 0.508 e. The predicted molar refractivity (Wildman–Crippen MR) is 50.0 cm³/mol. The fourth-order valence-corrected chi connectivity index (χ4v) is 1.07. The minimum Gasteiger partial charge on any atom is -0.508 e. The molecule has 1 aliphatic rings. The van der Waals surface area contributed by atoms with Crippen LogP contribution >= 0.6 is 0 Å². The number of aliphatic imine (C=N–C) groups is 1. The molecule has 0 saturated carbocycles. The van der Waals surface area contributed by atoms with E-state index < -0.39 is 11.0 Å². The van der Waals surface area contributed by atoms with Crippen LogP contribution in [0.15, 0.2) is 29.0 Å². The van der Waals surface area contributed by atoms with Crippen molar-refractivity contribution < 1.29 is 15.1 Å². The van der Waals surface area contributed by atoms with Gasteiger partial charge in [0.05, 0.1) is 13.2 Å². The van der Waals surface area contributed by atoms with Crippen LogP contribution in [0.4, 0.5) is 0 Å². The molecule has 76 valence electrons. The summed E-state index contributed by atoms with van der Waals surface area (Å²) in [6, 6.07) is -1.12. The summed E-state index contributed by atoms with van der Waals surface area (Å²) in [5.41, 5.74) is 0.238. The highest BCUT2D eigenvalue weighted by molar-refractivity contribution is 6.01. The van der Waals surface area contributed by atoms with Crippen molar-refractivity contribution in [1.29, 1.82) is 0 Å². The highest BCUT2D eigenvalue weighted by Crippen LogP contribution is 2.09. The molecule has 0 amide bonds. The van der Waals surface area contributed by atoms with Crippen LogP contribution in [-0.4, -0.2) is 40.0 Å². The van der Waals surface area contributed by atoms with Gasteiger partial charge in [-0.3, -0.25) is 15.1 Å². The molecule has 0 saturated heterocycles. The van der Waals surface area contributed by atoms with E-state index in [1.54, 1.807) is 0 Å². The van der Waals surface area contributed by atoms with Crippen LogP contribution in [0.5, 0.6) is 0 Å². The van der Waals surface area contributed by atoms with Gasteiger partial charge in [0.2, 0.25) is 0 Å². The van der Waals surface area contributed by atoms with Gasteiger partial charge >= 0.3 is 0 Å². The molecule has 0 heterocycles. The summed E-state index contributed by atoms with van der Waals surface area (Å²) < 4.78 is 0. The Morgan fingerprint density at radius 2 is 2.29 bits per heavy atom. The molecular formula is C8H10N2O4. The summed E-state index contributed by atoms with van der Waals surface area (Å²) in [6.45, 7) is -0.0317. The van der Waals surface area contributed by atoms with E-state index >= 15 is 0 Å². The van der Waals surface area contributed by atoms with E-state index in [0.29, 0.717) is 0 Å². The van der Waals surface area contributed by atoms with Crippen molar-refractivity contribution in [3.8, 4) is 0 Å². The Morgan fingerprint density at radius 3 is 2.86 bits per heavy atom. The Labute approximate surface area is 80.0 Å². The average Bonchev–Trinajstić information content (AvgIpc) is 2.15. The number of hydrogen-bond donors (Lipinski definition) is 2. The van der Waals surface area contributed by atoms with Crippen molar-refractivity contribution in [2.24, 2.45) is 4.99 Å². The highest BCUT2D eigenvalue weighted by atomic mass is 16.6. The van der Waals surface area contributed by atoms with Crippen LogP contribution < -0.4 is 0 Å². The van der Waals surface area contributed by atoms with E-state index in [1.807, 2.05) is 0 Å². The Kier molecular flexibility index (Phi) is 3.35. The SMILES string of the molecule is O=[N+]([O-])C1C=C(O)C=CC1=NCCO. The lowest BCUT2D eigenvalue weighted by atomic mass is 10.1. The van der Waals surface area contributed by atoms with Crippen molar-refractivity contribution in [2.45, 2.75) is 6.04 Å². The zero-order valence-corrected chi connectivity index (χ0v) is 7.33. The van der Waals surface area contributed by atoms with Gasteiger partial charge in [-0.1, -0.05) is 0 Å². The molecule has 0 spiro atoms. The summed E-state index contributed by atoms with van der Waals surface area (Å²) in [5, 5.41) is 28.1. The number of nitrogens with zero attached hydrogens (tertiary/aromatic N) is 2. The third kappa shape index (κ3) is 2.40. The van der Waals surface area contributed by atoms with Gasteiger partial charge in [-0.2, -0.15) is 0 Å². The van der Waals surface area contributed by atoms with Gasteiger partial charge in [0, 0.05) is 11.0 Å². The molecule has 0 fully saturated rings. The Bertz CT molecular complexity index is 319. The van der Waals surface area contributed by atoms with E-state index in [0.717, 1.165) is 6.08 Å². The zero-order chi connectivity index (χ0) is 10.6. The molecular weight excluding hydrogens is 188 g/mol. The lowest BCUT2D eigenvalue weighted by Crippen LogP contribution is -2.28. The minimum atomic E-state index is -1.12. The molecule has 0 aromatic heterocycles. The number of aliphatic hydroxyl groups excluding tert-OH is 2. The molecule has 1 atom stereocenters. The highest BCUT2D eigenvalue weighted by Gasteiger charge is 2.25. The van der Waals surface area contributed by atoms with Crippen LogP contribution in [-0.2, 0) is 0 Å². The van der Waals surface area contributed by atoms with Crippen molar-refractivity contribution in [3.63, 3.8) is 0 Å². The van der Waals surface area contributed by atoms with E-state index in [-0.39, 0.29) is 24.6 Å². The van der Waals surface area contributed by atoms with Crippen LogP contribution in [0.25, 0.3) is 0 Å². The number of hydrogen-bond acceptors (Lipinski definition) is 5. The second-order valence-electron chi connectivity index (χ2n) is 2.69. The molecule has 0 aliphatic heterocycles. The molecule has 0 aromatic carbocycles. The Hall–Kier alpha value is -1.69. The summed E-state index contributed by atoms with van der Waals surface area (Å²) in [5.74, 6) is -0.144. The second kappa shape index (κ2) is 4.52. The molecule has 1 aliphatic carbocycles. The molecule has 1 rings (SSSR count). The lowest BCUT2D eigenvalue weighted by Gasteiger charge is -2.09. The first kappa shape index (κ1) is 10.4. The van der Waals surface area contributed by atoms with Crippen LogP contribution in [0, 0.1) is 10.1 Å². The number of rotatable bonds is 3. The monoisotopic (exact) mass is 198 g/mol. The van der Waals surface area contributed by atoms with Gasteiger partial charge in [-0.05, 0) is 12.2 Å². The van der Waals surface area contributed by atoms with Gasteiger partial charge < -0.3 is 10.2 Å². The minimum absolute atomic E-state index is 0.124. The van der Waals surface area contributed by atoms with Crippen molar-refractivity contribution in [3.05, 3.63) is 34.1 Å². The molecule has 2 N–H and O–H groups in total. The van der Waals surface area contributed by atoms with Crippen LogP contribution in [0.1, 0.15) is 0 Å². The molecule has 0 bridgehead atoms. The fourth-order valence-electron chi connectivity index (χ4n) is 1.07. The number of nitro groups is 1. The van der Waals surface area contributed by atoms with Crippen LogP contribution in [0.3, 0.4) is 0 Å². The molecule has 0 radical (unpaired) electrons. The fraction of sp³-hybridized carbons (Fsp3) is 0.375. The summed E-state index contributed by atoms with van der Waals surface area (Å²) in [4.78, 5) is 13.8. The smallest absolute Gasteiger partial charge is 0.276 e. The van der Waals surface area contributed by atoms with Crippen molar-refractivity contribution in [2.75, 3.05) is 13.2 Å². The first-order chi connectivity index (χ1) is 6.65. The zero-order valence-electron chi connectivity index (χ0n) is 7.33. The molecule has 14 heavy (non-hydrogen) atoms. The summed E-state index contributed by atoms with van der Waals surface area (Å²) in [7, 11) is 0. The van der Waals surface area contributed by atoms with E-state index in [9.17, 15) is 10.1 Å². The Balaban J connectivity index is 2.86. The van der Waals surface area contributed by atoms with E-state index in [2.05, 4.69) is 4.99 Å². The van der Waals surface area contributed by atoms with E-state index in [1.165, 1.54) is 12.2 Å². The molecule has 1 unspecified atom stereocenters. The van der Waals surface area contributed by atoms with Gasteiger partial charge in [0.25, 0.3) is 6.04 Å². The topological polar surface area (TPSA) is 96.0 Å². The molecule has 0 aromatic rings. The summed E-state index contributed by atoms with van der Waals surface area (Å²) >= 11 is 0. The molecule has 6 nitrogen and oxygen atoms in total. The first-order valence-corrected chi connectivity index (χ1v) is 4.02. The second-order valence-corrected chi connectivity index (χ2v) is 2.69. The first-order valence-electron chi connectivity index (χ1n) is 4.02. The van der Waals surface area contributed by atoms with Crippen molar-refractivity contribution >= 4 is 5.71 Å². The average molecular weight is 198 g/mol. The van der Waals surface area contributed by atoms with Gasteiger partial charge in [-0.25, -0.2) is 0 Å². The quantitative estimate of drug-likeness (QED) is 0.495. The molecule has 6 heteroatoms. The lowest BCUT2D eigenvalue weighted by molar-refractivity contribution is -0.490. The van der Waals surface area contributed by atoms with E-state index in [4.69, 9.17) is 10.2 Å². The third-order valence-electron chi connectivity index (χ3n) is 1.68. The normalized spacial score (nSPS) is 23.6. The standard InChI is InChI=1S/C8H10N2O4/c11-4-3-9-7-2-1-6(12)5-8(7)10(13)14/h1-2,5,8,11-12H,3-4H2. The van der Waals surface area contributed by atoms with Gasteiger partial charge in [-0.15, -0.1) is 0 Å².